The molecule has 7 heteroatoms. The molecule has 100 valence electrons. The van der Waals surface area contributed by atoms with Crippen LogP contribution in [0.4, 0.5) is 4.79 Å². The van der Waals surface area contributed by atoms with E-state index in [4.69, 9.17) is 9.29 Å². The summed E-state index contributed by atoms with van der Waals surface area (Å²) in [4.78, 5) is 11.4. The molecule has 0 aromatic rings. The summed E-state index contributed by atoms with van der Waals surface area (Å²) in [5.74, 6) is -0.315. The monoisotopic (exact) mass is 265 g/mol. The van der Waals surface area contributed by atoms with Crippen LogP contribution in [0.5, 0.6) is 0 Å². The number of rotatable bonds is 3. The number of hydrogen-bond donors (Lipinski definition) is 2. The lowest BCUT2D eigenvalue weighted by molar-refractivity contribution is 0.0459. The fourth-order valence-corrected chi connectivity index (χ4v) is 2.63. The number of carbonyl (C=O) groups is 1. The van der Waals surface area contributed by atoms with Crippen LogP contribution in [-0.4, -0.2) is 36.5 Å². The Morgan fingerprint density at radius 1 is 1.41 bits per heavy atom. The van der Waals surface area contributed by atoms with Gasteiger partial charge in [0.25, 0.3) is 10.1 Å². The molecule has 17 heavy (non-hydrogen) atoms. The van der Waals surface area contributed by atoms with Crippen molar-refractivity contribution in [3.8, 4) is 0 Å². The van der Waals surface area contributed by atoms with E-state index >= 15 is 0 Å². The molecule has 0 saturated heterocycles. The SMILES string of the molecule is CC(C)(C)OC(=O)N[C@H]1C[C@H](CS(=O)(=O)O)C1. The highest BCUT2D eigenvalue weighted by atomic mass is 32.2. The van der Waals surface area contributed by atoms with E-state index in [-0.39, 0.29) is 17.7 Å². The zero-order valence-corrected chi connectivity index (χ0v) is 11.1. The summed E-state index contributed by atoms with van der Waals surface area (Å²) in [5.41, 5.74) is -0.540. The fourth-order valence-electron chi connectivity index (χ4n) is 1.76. The second-order valence-corrected chi connectivity index (χ2v) is 6.93. The second kappa shape index (κ2) is 4.81. The third-order valence-electron chi connectivity index (χ3n) is 2.40. The number of hydrogen-bond acceptors (Lipinski definition) is 4. The number of amides is 1. The van der Waals surface area contributed by atoms with Gasteiger partial charge in [-0.05, 0) is 39.5 Å². The quantitative estimate of drug-likeness (QED) is 0.747. The Morgan fingerprint density at radius 3 is 2.35 bits per heavy atom. The Hall–Kier alpha value is -0.820. The lowest BCUT2D eigenvalue weighted by Gasteiger charge is -2.35. The minimum atomic E-state index is -3.91. The zero-order valence-electron chi connectivity index (χ0n) is 10.3. The van der Waals surface area contributed by atoms with Gasteiger partial charge in [0.1, 0.15) is 5.60 Å². The highest BCUT2D eigenvalue weighted by molar-refractivity contribution is 7.85. The van der Waals surface area contributed by atoms with E-state index in [1.807, 2.05) is 0 Å². The summed E-state index contributed by atoms with van der Waals surface area (Å²) in [5, 5.41) is 2.65. The summed E-state index contributed by atoms with van der Waals surface area (Å²) in [6.45, 7) is 5.32. The number of alkyl carbamates (subject to hydrolysis) is 1. The summed E-state index contributed by atoms with van der Waals surface area (Å²) >= 11 is 0. The van der Waals surface area contributed by atoms with Crippen molar-refractivity contribution in [2.24, 2.45) is 5.92 Å². The lowest BCUT2D eigenvalue weighted by Crippen LogP contribution is -2.47. The van der Waals surface area contributed by atoms with E-state index in [2.05, 4.69) is 5.32 Å². The van der Waals surface area contributed by atoms with Crippen molar-refractivity contribution >= 4 is 16.2 Å². The molecular weight excluding hydrogens is 246 g/mol. The van der Waals surface area contributed by atoms with Crippen molar-refractivity contribution in [2.45, 2.75) is 45.3 Å². The maximum absolute atomic E-state index is 11.4. The van der Waals surface area contributed by atoms with E-state index in [1.165, 1.54) is 0 Å². The highest BCUT2D eigenvalue weighted by Gasteiger charge is 2.34. The van der Waals surface area contributed by atoms with Gasteiger partial charge in [0.05, 0.1) is 5.75 Å². The Balaban J connectivity index is 2.24. The van der Waals surface area contributed by atoms with Gasteiger partial charge in [0.2, 0.25) is 0 Å². The summed E-state index contributed by atoms with van der Waals surface area (Å²) in [7, 11) is -3.91. The lowest BCUT2D eigenvalue weighted by atomic mass is 9.82. The summed E-state index contributed by atoms with van der Waals surface area (Å²) in [6.07, 6.45) is 0.616. The van der Waals surface area contributed by atoms with Gasteiger partial charge < -0.3 is 10.1 Å². The molecule has 0 aromatic carbocycles. The maximum Gasteiger partial charge on any atom is 0.407 e. The van der Waals surface area contributed by atoms with Crippen molar-refractivity contribution in [2.75, 3.05) is 5.75 Å². The molecular formula is C10H19NO5S. The van der Waals surface area contributed by atoms with Crippen molar-refractivity contribution in [1.29, 1.82) is 0 Å². The molecule has 1 amide bonds. The van der Waals surface area contributed by atoms with Crippen LogP contribution >= 0.6 is 0 Å². The van der Waals surface area contributed by atoms with Gasteiger partial charge in [0, 0.05) is 6.04 Å². The first kappa shape index (κ1) is 14.2. The molecule has 6 nitrogen and oxygen atoms in total. The van der Waals surface area contributed by atoms with Crippen LogP contribution in [0.2, 0.25) is 0 Å². The van der Waals surface area contributed by atoms with Gasteiger partial charge in [-0.25, -0.2) is 4.79 Å². The van der Waals surface area contributed by atoms with Gasteiger partial charge in [-0.3, -0.25) is 4.55 Å². The largest absolute Gasteiger partial charge is 0.444 e. The van der Waals surface area contributed by atoms with Crippen LogP contribution in [0.15, 0.2) is 0 Å². The highest BCUT2D eigenvalue weighted by Crippen LogP contribution is 2.28. The second-order valence-electron chi connectivity index (χ2n) is 5.43. The third kappa shape index (κ3) is 5.88. The summed E-state index contributed by atoms with van der Waals surface area (Å²) in [6, 6.07) is -0.0587. The van der Waals surface area contributed by atoms with Crippen LogP contribution in [0, 0.1) is 5.92 Å². The fraction of sp³-hybridized carbons (Fsp3) is 0.900. The molecule has 2 N–H and O–H groups in total. The topological polar surface area (TPSA) is 92.7 Å². The molecule has 1 fully saturated rings. The molecule has 1 aliphatic rings. The molecule has 0 radical (unpaired) electrons. The van der Waals surface area contributed by atoms with E-state index in [1.54, 1.807) is 20.8 Å². The predicted molar refractivity (Wildman–Crippen MR) is 62.3 cm³/mol. The molecule has 0 bridgehead atoms. The normalized spacial score (nSPS) is 24.9. The van der Waals surface area contributed by atoms with Crippen LogP contribution in [0.1, 0.15) is 33.6 Å². The smallest absolute Gasteiger partial charge is 0.407 e. The van der Waals surface area contributed by atoms with E-state index in [0.29, 0.717) is 12.8 Å². The van der Waals surface area contributed by atoms with Crippen molar-refractivity contribution in [1.82, 2.24) is 5.32 Å². The first-order chi connectivity index (χ1) is 7.55. The van der Waals surface area contributed by atoms with Crippen molar-refractivity contribution in [3.63, 3.8) is 0 Å². The molecule has 1 saturated carbocycles. The van der Waals surface area contributed by atoms with Crippen molar-refractivity contribution in [3.05, 3.63) is 0 Å². The van der Waals surface area contributed by atoms with Gasteiger partial charge >= 0.3 is 6.09 Å². The minimum absolute atomic E-state index is 0.0587. The number of ether oxygens (including phenoxy) is 1. The van der Waals surface area contributed by atoms with E-state index < -0.39 is 21.8 Å². The van der Waals surface area contributed by atoms with Crippen LogP contribution in [-0.2, 0) is 14.9 Å². The third-order valence-corrected chi connectivity index (χ3v) is 3.30. The minimum Gasteiger partial charge on any atom is -0.444 e. The summed E-state index contributed by atoms with van der Waals surface area (Å²) < 4.78 is 34.9. The Morgan fingerprint density at radius 2 is 1.94 bits per heavy atom. The predicted octanol–water partition coefficient (Wildman–Crippen LogP) is 1.18. The molecule has 1 rings (SSSR count). The zero-order chi connectivity index (χ0) is 13.3. The molecule has 0 atom stereocenters. The average molecular weight is 265 g/mol. The Kier molecular flexibility index (Phi) is 4.03. The van der Waals surface area contributed by atoms with Crippen LogP contribution in [0.3, 0.4) is 0 Å². The van der Waals surface area contributed by atoms with E-state index in [9.17, 15) is 13.2 Å². The number of carbonyl (C=O) groups excluding carboxylic acids is 1. The molecule has 1 aliphatic carbocycles. The molecule has 0 spiro atoms. The first-order valence-electron chi connectivity index (χ1n) is 5.50. The molecule has 0 unspecified atom stereocenters. The average Bonchev–Trinajstić information content (AvgIpc) is 1.93. The van der Waals surface area contributed by atoms with Crippen molar-refractivity contribution < 1.29 is 22.5 Å². The van der Waals surface area contributed by atoms with Gasteiger partial charge in [-0.1, -0.05) is 0 Å². The maximum atomic E-state index is 11.4. The van der Waals surface area contributed by atoms with Gasteiger partial charge in [-0.2, -0.15) is 8.42 Å². The Bertz CT molecular complexity index is 378. The van der Waals surface area contributed by atoms with Gasteiger partial charge in [0.15, 0.2) is 0 Å². The number of nitrogens with one attached hydrogen (secondary N) is 1. The van der Waals surface area contributed by atoms with Crippen LogP contribution < -0.4 is 5.32 Å². The van der Waals surface area contributed by atoms with Crippen LogP contribution in [0.25, 0.3) is 0 Å². The molecule has 0 aromatic heterocycles. The standard InChI is InChI=1S/C10H19NO5S/c1-10(2,3)16-9(12)11-8-4-7(5-8)6-17(13,14)15/h7-8H,4-6H2,1-3H3,(H,11,12)(H,13,14,15)/t7-,8-. The first-order valence-corrected chi connectivity index (χ1v) is 7.11. The Labute approximate surface area is 101 Å². The van der Waals surface area contributed by atoms with E-state index in [0.717, 1.165) is 0 Å². The van der Waals surface area contributed by atoms with Gasteiger partial charge in [-0.15, -0.1) is 0 Å². The molecule has 0 heterocycles. The molecule has 0 aliphatic heterocycles.